The van der Waals surface area contributed by atoms with Crippen molar-refractivity contribution in [2.24, 2.45) is 5.92 Å². The van der Waals surface area contributed by atoms with E-state index >= 15 is 0 Å². The molecular formula is C31H34N2O5. The molecule has 0 unspecified atom stereocenters. The van der Waals surface area contributed by atoms with Crippen molar-refractivity contribution in [1.29, 1.82) is 0 Å². The largest absolute Gasteiger partial charge is 0.457 e. The third-order valence-corrected chi connectivity index (χ3v) is 6.62. The first kappa shape index (κ1) is 26.9. The van der Waals surface area contributed by atoms with Crippen molar-refractivity contribution < 1.29 is 23.9 Å². The van der Waals surface area contributed by atoms with Crippen LogP contribution in [0.25, 0.3) is 0 Å². The number of hydrogen-bond acceptors (Lipinski definition) is 5. The minimum Gasteiger partial charge on any atom is -0.457 e. The number of benzene rings is 3. The summed E-state index contributed by atoms with van der Waals surface area (Å²) in [6.07, 6.45) is 0.950. The van der Waals surface area contributed by atoms with Crippen LogP contribution in [-0.4, -0.2) is 30.9 Å². The van der Waals surface area contributed by atoms with E-state index in [9.17, 15) is 14.4 Å². The quantitative estimate of drug-likeness (QED) is 0.354. The molecule has 0 saturated carbocycles. The highest BCUT2D eigenvalue weighted by atomic mass is 16.5. The predicted molar refractivity (Wildman–Crippen MR) is 148 cm³/mol. The molecule has 0 spiro atoms. The van der Waals surface area contributed by atoms with Gasteiger partial charge in [0.15, 0.2) is 6.61 Å². The molecule has 38 heavy (non-hydrogen) atoms. The van der Waals surface area contributed by atoms with Crippen LogP contribution in [0.15, 0.2) is 66.7 Å². The molecule has 198 valence electrons. The lowest BCUT2D eigenvalue weighted by Crippen LogP contribution is -2.28. The van der Waals surface area contributed by atoms with Crippen molar-refractivity contribution in [2.75, 3.05) is 23.4 Å². The van der Waals surface area contributed by atoms with E-state index in [0.29, 0.717) is 23.0 Å². The topological polar surface area (TPSA) is 84.9 Å². The molecule has 0 radical (unpaired) electrons. The maximum Gasteiger partial charge on any atom is 0.311 e. The van der Waals surface area contributed by atoms with Crippen LogP contribution in [0.3, 0.4) is 0 Å². The first-order chi connectivity index (χ1) is 18.2. The SMILES string of the molecule is CCc1ccc(NC(=O)COC(=O)[C@H]2CC(=O)N(c3ccc(Oc4cc(C)ccc4C(C)C)cc3)C2)cc1. The zero-order chi connectivity index (χ0) is 27.2. The Balaban J connectivity index is 1.31. The lowest BCUT2D eigenvalue weighted by atomic mass is 10.0. The van der Waals surface area contributed by atoms with Crippen molar-refractivity contribution in [3.63, 3.8) is 0 Å². The Bertz CT molecular complexity index is 1300. The Hall–Kier alpha value is -4.13. The molecule has 0 aromatic heterocycles. The number of carbonyl (C=O) groups excluding carboxylic acids is 3. The van der Waals surface area contributed by atoms with Crippen LogP contribution in [0.4, 0.5) is 11.4 Å². The smallest absolute Gasteiger partial charge is 0.311 e. The fourth-order valence-corrected chi connectivity index (χ4v) is 4.42. The number of nitrogens with one attached hydrogen (secondary N) is 1. The summed E-state index contributed by atoms with van der Waals surface area (Å²) in [5.41, 5.74) is 4.72. The van der Waals surface area contributed by atoms with Gasteiger partial charge in [0.1, 0.15) is 11.5 Å². The van der Waals surface area contributed by atoms with Gasteiger partial charge < -0.3 is 19.7 Å². The maximum absolute atomic E-state index is 12.7. The van der Waals surface area contributed by atoms with Crippen LogP contribution in [0, 0.1) is 12.8 Å². The maximum atomic E-state index is 12.7. The molecule has 1 saturated heterocycles. The number of anilines is 2. The fourth-order valence-electron chi connectivity index (χ4n) is 4.42. The number of ether oxygens (including phenoxy) is 2. The van der Waals surface area contributed by atoms with Crippen molar-refractivity contribution in [2.45, 2.75) is 46.5 Å². The molecule has 1 aliphatic heterocycles. The second-order valence-electron chi connectivity index (χ2n) is 9.90. The van der Waals surface area contributed by atoms with E-state index in [4.69, 9.17) is 9.47 Å². The van der Waals surface area contributed by atoms with Gasteiger partial charge in [0.05, 0.1) is 5.92 Å². The van der Waals surface area contributed by atoms with Crippen molar-refractivity contribution in [1.82, 2.24) is 0 Å². The van der Waals surface area contributed by atoms with Gasteiger partial charge in [0.2, 0.25) is 5.91 Å². The molecule has 3 aromatic rings. The number of carbonyl (C=O) groups is 3. The zero-order valence-corrected chi connectivity index (χ0v) is 22.3. The fraction of sp³-hybridized carbons (Fsp3) is 0.323. The average Bonchev–Trinajstić information content (AvgIpc) is 3.29. The zero-order valence-electron chi connectivity index (χ0n) is 22.3. The van der Waals surface area contributed by atoms with E-state index < -0.39 is 24.4 Å². The standard InChI is InChI=1S/C31H34N2O5/c1-5-22-7-9-24(10-8-22)32-29(34)19-37-31(36)23-17-30(35)33(18-23)25-11-13-26(14-12-25)38-28-16-21(4)6-15-27(28)20(2)3/h6-16,20,23H,5,17-19H2,1-4H3,(H,32,34)/t23-/m0/s1. The highest BCUT2D eigenvalue weighted by Crippen LogP contribution is 2.33. The number of aryl methyl sites for hydroxylation is 2. The van der Waals surface area contributed by atoms with Crippen LogP contribution >= 0.6 is 0 Å². The summed E-state index contributed by atoms with van der Waals surface area (Å²) >= 11 is 0. The highest BCUT2D eigenvalue weighted by molar-refractivity contribution is 6.00. The summed E-state index contributed by atoms with van der Waals surface area (Å²) in [5.74, 6) is 0.0283. The molecule has 1 heterocycles. The number of nitrogens with zero attached hydrogens (tertiary/aromatic N) is 1. The van der Waals surface area contributed by atoms with E-state index in [1.54, 1.807) is 4.90 Å². The van der Waals surface area contributed by atoms with Gasteiger partial charge in [-0.1, -0.05) is 45.0 Å². The number of hydrogen-bond donors (Lipinski definition) is 1. The molecular weight excluding hydrogens is 480 g/mol. The van der Waals surface area contributed by atoms with Crippen molar-refractivity contribution in [3.8, 4) is 11.5 Å². The van der Waals surface area contributed by atoms with E-state index in [2.05, 4.69) is 38.2 Å². The third kappa shape index (κ3) is 6.59. The molecule has 1 atom stereocenters. The lowest BCUT2D eigenvalue weighted by Gasteiger charge is -2.18. The summed E-state index contributed by atoms with van der Waals surface area (Å²) in [6.45, 7) is 8.13. The van der Waals surface area contributed by atoms with Gasteiger partial charge in [-0.25, -0.2) is 0 Å². The lowest BCUT2D eigenvalue weighted by molar-refractivity contribution is -0.151. The summed E-state index contributed by atoms with van der Waals surface area (Å²) < 4.78 is 11.4. The average molecular weight is 515 g/mol. The molecule has 3 aromatic carbocycles. The molecule has 2 amide bonds. The second kappa shape index (κ2) is 11.9. The van der Waals surface area contributed by atoms with Gasteiger partial charge in [-0.3, -0.25) is 14.4 Å². The molecule has 1 aliphatic rings. The van der Waals surface area contributed by atoms with Gasteiger partial charge in [0.25, 0.3) is 5.91 Å². The normalized spacial score (nSPS) is 15.0. The highest BCUT2D eigenvalue weighted by Gasteiger charge is 2.36. The van der Waals surface area contributed by atoms with Crippen molar-refractivity contribution >= 4 is 29.2 Å². The van der Waals surface area contributed by atoms with Gasteiger partial charge in [-0.05, 0) is 78.4 Å². The summed E-state index contributed by atoms with van der Waals surface area (Å²) in [4.78, 5) is 39.0. The minimum absolute atomic E-state index is 0.0399. The van der Waals surface area contributed by atoms with E-state index in [0.717, 1.165) is 23.3 Å². The molecule has 0 bridgehead atoms. The Morgan fingerprint density at radius 1 is 1.03 bits per heavy atom. The Labute approximate surface area is 223 Å². The van der Waals surface area contributed by atoms with E-state index in [1.165, 1.54) is 5.56 Å². The molecule has 4 rings (SSSR count). The van der Waals surface area contributed by atoms with Crippen LogP contribution in [-0.2, 0) is 25.5 Å². The summed E-state index contributed by atoms with van der Waals surface area (Å²) in [6, 6.07) is 20.9. The first-order valence-corrected chi connectivity index (χ1v) is 13.0. The Morgan fingerprint density at radius 2 is 1.74 bits per heavy atom. The second-order valence-corrected chi connectivity index (χ2v) is 9.90. The number of rotatable bonds is 9. The monoisotopic (exact) mass is 514 g/mol. The Morgan fingerprint density at radius 3 is 2.39 bits per heavy atom. The van der Waals surface area contributed by atoms with Crippen molar-refractivity contribution in [3.05, 3.63) is 83.4 Å². The molecule has 1 N–H and O–H groups in total. The predicted octanol–water partition coefficient (Wildman–Crippen LogP) is 6.01. The summed E-state index contributed by atoms with van der Waals surface area (Å²) in [7, 11) is 0. The van der Waals surface area contributed by atoms with Crippen LogP contribution in [0.1, 0.15) is 49.8 Å². The summed E-state index contributed by atoms with van der Waals surface area (Å²) in [5, 5.41) is 2.71. The van der Waals surface area contributed by atoms with Crippen LogP contribution in [0.5, 0.6) is 11.5 Å². The first-order valence-electron chi connectivity index (χ1n) is 13.0. The Kier molecular flexibility index (Phi) is 8.46. The van der Waals surface area contributed by atoms with Gasteiger partial charge >= 0.3 is 5.97 Å². The molecule has 7 heteroatoms. The van der Waals surface area contributed by atoms with Gasteiger partial charge in [-0.2, -0.15) is 0 Å². The molecule has 0 aliphatic carbocycles. The number of amides is 2. The minimum atomic E-state index is -0.629. The molecule has 7 nitrogen and oxygen atoms in total. The van der Waals surface area contributed by atoms with Crippen LogP contribution < -0.4 is 15.0 Å². The third-order valence-electron chi connectivity index (χ3n) is 6.62. The van der Waals surface area contributed by atoms with E-state index in [1.807, 2.05) is 61.5 Å². The van der Waals surface area contributed by atoms with Crippen LogP contribution in [0.2, 0.25) is 0 Å². The van der Waals surface area contributed by atoms with E-state index in [-0.39, 0.29) is 18.9 Å². The molecule has 1 fully saturated rings. The van der Waals surface area contributed by atoms with Gasteiger partial charge in [-0.15, -0.1) is 0 Å². The number of esters is 1. The van der Waals surface area contributed by atoms with Gasteiger partial charge in [0, 0.05) is 24.3 Å².